The Balaban J connectivity index is 1.51. The maximum Gasteiger partial charge on any atom is 0.264 e. The number of anilines is 1. The molecule has 4 rings (SSSR count). The SMILES string of the molecule is CCC(C(=O)NCCCN(c1ccc(F)cc1)S(=O)(=O)c1ccc2ccccc2c1)c1ccccc1. The monoisotopic (exact) mass is 504 g/mol. The van der Waals surface area contributed by atoms with Gasteiger partial charge in [0.15, 0.2) is 0 Å². The second kappa shape index (κ2) is 11.4. The lowest BCUT2D eigenvalue weighted by atomic mass is 9.96. The third-order valence-electron chi connectivity index (χ3n) is 6.19. The molecule has 4 aromatic carbocycles. The molecule has 7 heteroatoms. The highest BCUT2D eigenvalue weighted by Crippen LogP contribution is 2.27. The van der Waals surface area contributed by atoms with Crippen LogP contribution in [0.5, 0.6) is 0 Å². The van der Waals surface area contributed by atoms with Crippen LogP contribution in [0, 0.1) is 5.82 Å². The normalized spacial score (nSPS) is 12.3. The summed E-state index contributed by atoms with van der Waals surface area (Å²) in [5.41, 5.74) is 1.32. The Kier molecular flexibility index (Phi) is 8.00. The zero-order chi connectivity index (χ0) is 25.5. The van der Waals surface area contributed by atoms with Gasteiger partial charge in [-0.2, -0.15) is 0 Å². The van der Waals surface area contributed by atoms with Crippen molar-refractivity contribution in [2.45, 2.75) is 30.6 Å². The molecule has 186 valence electrons. The van der Waals surface area contributed by atoms with Gasteiger partial charge in [-0.25, -0.2) is 12.8 Å². The summed E-state index contributed by atoms with van der Waals surface area (Å²) in [6, 6.07) is 27.5. The predicted octanol–water partition coefficient (Wildman–Crippen LogP) is 5.87. The highest BCUT2D eigenvalue weighted by atomic mass is 32.2. The highest BCUT2D eigenvalue weighted by molar-refractivity contribution is 7.92. The van der Waals surface area contributed by atoms with E-state index in [1.54, 1.807) is 18.2 Å². The third kappa shape index (κ3) is 5.74. The number of sulfonamides is 1. The van der Waals surface area contributed by atoms with E-state index in [1.807, 2.05) is 61.5 Å². The molecule has 0 aliphatic rings. The van der Waals surface area contributed by atoms with Crippen molar-refractivity contribution in [3.8, 4) is 0 Å². The first-order valence-electron chi connectivity index (χ1n) is 12.0. The molecule has 0 heterocycles. The highest BCUT2D eigenvalue weighted by Gasteiger charge is 2.25. The van der Waals surface area contributed by atoms with Crippen molar-refractivity contribution >= 4 is 32.4 Å². The fourth-order valence-corrected chi connectivity index (χ4v) is 5.80. The summed E-state index contributed by atoms with van der Waals surface area (Å²) in [4.78, 5) is 12.9. The molecule has 36 heavy (non-hydrogen) atoms. The van der Waals surface area contributed by atoms with Crippen LogP contribution >= 0.6 is 0 Å². The molecule has 0 aliphatic heterocycles. The molecular weight excluding hydrogens is 475 g/mol. The van der Waals surface area contributed by atoms with Crippen LogP contribution in [0.1, 0.15) is 31.2 Å². The van der Waals surface area contributed by atoms with Gasteiger partial charge in [-0.1, -0.05) is 67.6 Å². The van der Waals surface area contributed by atoms with E-state index in [2.05, 4.69) is 5.32 Å². The van der Waals surface area contributed by atoms with Crippen molar-refractivity contribution in [1.82, 2.24) is 5.32 Å². The van der Waals surface area contributed by atoms with E-state index < -0.39 is 15.8 Å². The number of benzene rings is 4. The lowest BCUT2D eigenvalue weighted by Crippen LogP contribution is -2.35. The molecule has 5 nitrogen and oxygen atoms in total. The van der Waals surface area contributed by atoms with Crippen LogP contribution in [-0.4, -0.2) is 27.4 Å². The first kappa shape index (κ1) is 25.4. The van der Waals surface area contributed by atoms with Crippen LogP contribution in [0.15, 0.2) is 102 Å². The van der Waals surface area contributed by atoms with Crippen LogP contribution in [0.3, 0.4) is 0 Å². The van der Waals surface area contributed by atoms with E-state index >= 15 is 0 Å². The average molecular weight is 505 g/mol. The van der Waals surface area contributed by atoms with Crippen molar-refractivity contribution in [2.75, 3.05) is 17.4 Å². The van der Waals surface area contributed by atoms with Crippen molar-refractivity contribution in [1.29, 1.82) is 0 Å². The lowest BCUT2D eigenvalue weighted by molar-refractivity contribution is -0.122. The number of hydrogen-bond donors (Lipinski definition) is 1. The number of fused-ring (bicyclic) bond motifs is 1. The molecule has 1 amide bonds. The van der Waals surface area contributed by atoms with Crippen molar-refractivity contribution in [2.24, 2.45) is 0 Å². The van der Waals surface area contributed by atoms with E-state index in [-0.39, 0.29) is 23.3 Å². The van der Waals surface area contributed by atoms with Crippen LogP contribution in [0.2, 0.25) is 0 Å². The summed E-state index contributed by atoms with van der Waals surface area (Å²) in [5.74, 6) is -0.796. The molecule has 0 radical (unpaired) electrons. The van der Waals surface area contributed by atoms with Crippen molar-refractivity contribution in [3.05, 3.63) is 108 Å². The number of halogens is 1. The molecule has 0 saturated heterocycles. The molecule has 0 bridgehead atoms. The standard InChI is InChI=1S/C29H29FN2O3S/c1-2-28(23-10-4-3-5-11-23)29(33)31-19-8-20-32(26-16-14-25(30)15-17-26)36(34,35)27-18-13-22-9-6-7-12-24(22)21-27/h3-7,9-18,21,28H,2,8,19-20H2,1H3,(H,31,33). The van der Waals surface area contributed by atoms with Gasteiger partial charge in [0, 0.05) is 13.1 Å². The van der Waals surface area contributed by atoms with Crippen LogP contribution in [0.25, 0.3) is 10.8 Å². The van der Waals surface area contributed by atoms with Gasteiger partial charge in [-0.05, 0) is 65.6 Å². The van der Waals surface area contributed by atoms with Crippen LogP contribution in [0.4, 0.5) is 10.1 Å². The zero-order valence-corrected chi connectivity index (χ0v) is 20.9. The number of hydrogen-bond acceptors (Lipinski definition) is 3. The minimum atomic E-state index is -3.92. The Morgan fingerprint density at radius 3 is 2.25 bits per heavy atom. The maximum absolute atomic E-state index is 13.7. The van der Waals surface area contributed by atoms with Crippen molar-refractivity contribution in [3.63, 3.8) is 0 Å². The van der Waals surface area contributed by atoms with E-state index in [0.717, 1.165) is 16.3 Å². The Morgan fingerprint density at radius 2 is 1.56 bits per heavy atom. The Hall–Kier alpha value is -3.71. The quantitative estimate of drug-likeness (QED) is 0.275. The van der Waals surface area contributed by atoms with Gasteiger partial charge in [0.05, 0.1) is 16.5 Å². The molecule has 0 fully saturated rings. The van der Waals surface area contributed by atoms with E-state index in [1.165, 1.54) is 28.6 Å². The second-order valence-corrected chi connectivity index (χ2v) is 10.4. The van der Waals surface area contributed by atoms with Gasteiger partial charge < -0.3 is 5.32 Å². The number of carbonyl (C=O) groups excluding carboxylic acids is 1. The largest absolute Gasteiger partial charge is 0.356 e. The van der Waals surface area contributed by atoms with E-state index in [4.69, 9.17) is 0 Å². The molecule has 1 N–H and O–H groups in total. The number of amides is 1. The predicted molar refractivity (Wildman–Crippen MR) is 142 cm³/mol. The number of nitrogens with one attached hydrogen (secondary N) is 1. The minimum Gasteiger partial charge on any atom is -0.356 e. The molecule has 0 saturated carbocycles. The van der Waals surface area contributed by atoms with Gasteiger partial charge in [-0.15, -0.1) is 0 Å². The average Bonchev–Trinajstić information content (AvgIpc) is 2.90. The molecule has 4 aromatic rings. The Morgan fingerprint density at radius 1 is 0.889 bits per heavy atom. The third-order valence-corrected chi connectivity index (χ3v) is 8.01. The summed E-state index contributed by atoms with van der Waals surface area (Å²) < 4.78 is 42.2. The summed E-state index contributed by atoms with van der Waals surface area (Å²) in [6.07, 6.45) is 1.05. The maximum atomic E-state index is 13.7. The van der Waals surface area contributed by atoms with Gasteiger partial charge >= 0.3 is 0 Å². The van der Waals surface area contributed by atoms with E-state index in [0.29, 0.717) is 25.1 Å². The first-order chi connectivity index (χ1) is 17.4. The van der Waals surface area contributed by atoms with E-state index in [9.17, 15) is 17.6 Å². The summed E-state index contributed by atoms with van der Waals surface area (Å²) >= 11 is 0. The smallest absolute Gasteiger partial charge is 0.264 e. The number of rotatable bonds is 10. The number of carbonyl (C=O) groups is 1. The van der Waals surface area contributed by atoms with Gasteiger partial charge in [0.1, 0.15) is 5.82 Å². The zero-order valence-electron chi connectivity index (χ0n) is 20.1. The number of nitrogens with zero attached hydrogens (tertiary/aromatic N) is 1. The molecule has 0 aliphatic carbocycles. The first-order valence-corrected chi connectivity index (χ1v) is 13.4. The fourth-order valence-electron chi connectivity index (χ4n) is 4.27. The summed E-state index contributed by atoms with van der Waals surface area (Å²) in [5, 5.41) is 4.70. The molecule has 0 spiro atoms. The molecule has 1 unspecified atom stereocenters. The van der Waals surface area contributed by atoms with Crippen LogP contribution in [-0.2, 0) is 14.8 Å². The summed E-state index contributed by atoms with van der Waals surface area (Å²) in [6.45, 7) is 2.40. The molecular formula is C29H29FN2O3S. The topological polar surface area (TPSA) is 66.5 Å². The van der Waals surface area contributed by atoms with Gasteiger partial charge in [-0.3, -0.25) is 9.10 Å². The lowest BCUT2D eigenvalue weighted by Gasteiger charge is -2.25. The van der Waals surface area contributed by atoms with Crippen molar-refractivity contribution < 1.29 is 17.6 Å². The van der Waals surface area contributed by atoms with Crippen LogP contribution < -0.4 is 9.62 Å². The molecule has 0 aromatic heterocycles. The van der Waals surface area contributed by atoms with Gasteiger partial charge in [0.25, 0.3) is 10.0 Å². The Labute approximate surface area is 211 Å². The minimum absolute atomic E-state index is 0.0885. The van der Waals surface area contributed by atoms with Gasteiger partial charge in [0.2, 0.25) is 5.91 Å². The Bertz CT molecular complexity index is 1420. The molecule has 1 atom stereocenters. The fraction of sp³-hybridized carbons (Fsp3) is 0.207. The second-order valence-electron chi connectivity index (χ2n) is 8.58. The summed E-state index contributed by atoms with van der Waals surface area (Å²) in [7, 11) is -3.92.